The van der Waals surface area contributed by atoms with E-state index in [0.717, 1.165) is 30.6 Å². The van der Waals surface area contributed by atoms with Crippen LogP contribution in [-0.4, -0.2) is 50.0 Å². The van der Waals surface area contributed by atoms with Crippen molar-refractivity contribution in [2.75, 3.05) is 17.1 Å². The third kappa shape index (κ3) is 7.82. The maximum Gasteiger partial charge on any atom is 0.244 e. The van der Waals surface area contributed by atoms with Crippen LogP contribution in [-0.2, 0) is 26.2 Å². The van der Waals surface area contributed by atoms with Gasteiger partial charge in [0.15, 0.2) is 0 Å². The van der Waals surface area contributed by atoms with Crippen molar-refractivity contribution in [2.24, 2.45) is 0 Å². The Morgan fingerprint density at radius 3 is 2.27 bits per heavy atom. The molecular weight excluding hydrogens is 574 g/mol. The summed E-state index contributed by atoms with van der Waals surface area (Å²) in [5.41, 5.74) is 2.03. The van der Waals surface area contributed by atoms with Gasteiger partial charge >= 0.3 is 0 Å². The van der Waals surface area contributed by atoms with E-state index in [1.54, 1.807) is 25.1 Å². The summed E-state index contributed by atoms with van der Waals surface area (Å²) >= 11 is 6.83. The van der Waals surface area contributed by atoms with Crippen molar-refractivity contribution in [3.63, 3.8) is 0 Å². The quantitative estimate of drug-likeness (QED) is 0.465. The minimum atomic E-state index is -3.76. The highest BCUT2D eigenvalue weighted by molar-refractivity contribution is 9.10. The van der Waals surface area contributed by atoms with Gasteiger partial charge in [-0.05, 0) is 69.2 Å². The molecule has 0 fully saturated rings. The first kappa shape index (κ1) is 27.3. The molecule has 0 radical (unpaired) electrons. The Balaban J connectivity index is 2.41. The zero-order valence-electron chi connectivity index (χ0n) is 19.3. The average molecular weight is 603 g/mol. The van der Waals surface area contributed by atoms with Crippen molar-refractivity contribution in [1.82, 2.24) is 10.2 Å². The van der Waals surface area contributed by atoms with E-state index in [1.165, 1.54) is 4.90 Å². The van der Waals surface area contributed by atoms with Crippen molar-refractivity contribution in [3.05, 3.63) is 62.5 Å². The maximum atomic E-state index is 13.5. The molecule has 10 heteroatoms. The van der Waals surface area contributed by atoms with Crippen LogP contribution >= 0.6 is 31.9 Å². The summed E-state index contributed by atoms with van der Waals surface area (Å²) in [4.78, 5) is 27.6. The summed E-state index contributed by atoms with van der Waals surface area (Å²) in [6.07, 6.45) is 1.06. The molecule has 2 aromatic rings. The lowest BCUT2D eigenvalue weighted by Crippen LogP contribution is -2.52. The Morgan fingerprint density at radius 1 is 1.06 bits per heavy atom. The van der Waals surface area contributed by atoms with Gasteiger partial charge in [0.1, 0.15) is 12.6 Å². The number of rotatable bonds is 9. The number of hydrogen-bond acceptors (Lipinski definition) is 4. The van der Waals surface area contributed by atoms with Gasteiger partial charge in [0, 0.05) is 21.5 Å². The summed E-state index contributed by atoms with van der Waals surface area (Å²) in [5.74, 6) is -0.786. The van der Waals surface area contributed by atoms with E-state index in [2.05, 4.69) is 37.2 Å². The molecule has 1 N–H and O–H groups in total. The fourth-order valence-electron chi connectivity index (χ4n) is 3.22. The molecule has 0 unspecified atom stereocenters. The molecule has 0 saturated carbocycles. The number of benzene rings is 2. The second-order valence-electron chi connectivity index (χ2n) is 8.19. The fraction of sp³-hybridized carbons (Fsp3) is 0.391. The normalized spacial score (nSPS) is 12.4. The van der Waals surface area contributed by atoms with Crippen molar-refractivity contribution in [1.29, 1.82) is 0 Å². The number of aryl methyl sites for hydroxylation is 1. The number of amides is 2. The molecule has 2 amide bonds. The van der Waals surface area contributed by atoms with Gasteiger partial charge in [-0.3, -0.25) is 13.9 Å². The lowest BCUT2D eigenvalue weighted by atomic mass is 10.1. The predicted octanol–water partition coefficient (Wildman–Crippen LogP) is 4.23. The zero-order valence-corrected chi connectivity index (χ0v) is 23.3. The van der Waals surface area contributed by atoms with Crippen LogP contribution in [0, 0.1) is 6.92 Å². The largest absolute Gasteiger partial charge is 0.352 e. The van der Waals surface area contributed by atoms with Crippen molar-refractivity contribution < 1.29 is 18.0 Å². The van der Waals surface area contributed by atoms with Crippen LogP contribution in [0.25, 0.3) is 0 Å². The Bertz CT molecular complexity index is 1120. The standard InChI is InChI=1S/C23H29Br2N3O4S/c1-15(2)26-23(30)17(4)27(13-18-7-6-8-19(24)12-18)22(29)14-28(33(5,31)32)20-9-10-21(25)16(3)11-20/h6-12,15,17H,13-14H2,1-5H3,(H,26,30)/t17-/m0/s1. The first-order valence-electron chi connectivity index (χ1n) is 10.4. The van der Waals surface area contributed by atoms with E-state index in [4.69, 9.17) is 0 Å². The summed E-state index contributed by atoms with van der Waals surface area (Å²) in [5, 5.41) is 2.82. The predicted molar refractivity (Wildman–Crippen MR) is 139 cm³/mol. The van der Waals surface area contributed by atoms with Gasteiger partial charge < -0.3 is 10.2 Å². The van der Waals surface area contributed by atoms with E-state index >= 15 is 0 Å². The fourth-order valence-corrected chi connectivity index (χ4v) is 4.75. The smallest absolute Gasteiger partial charge is 0.244 e. The minimum Gasteiger partial charge on any atom is -0.352 e. The van der Waals surface area contributed by atoms with Gasteiger partial charge in [-0.1, -0.05) is 44.0 Å². The van der Waals surface area contributed by atoms with Gasteiger partial charge in [-0.25, -0.2) is 8.42 Å². The number of nitrogens with zero attached hydrogens (tertiary/aromatic N) is 2. The molecule has 180 valence electrons. The second-order valence-corrected chi connectivity index (χ2v) is 11.9. The number of hydrogen-bond donors (Lipinski definition) is 1. The van der Waals surface area contributed by atoms with Crippen molar-refractivity contribution in [3.8, 4) is 0 Å². The molecule has 7 nitrogen and oxygen atoms in total. The zero-order chi connectivity index (χ0) is 24.9. The number of nitrogens with one attached hydrogen (secondary N) is 1. The highest BCUT2D eigenvalue weighted by atomic mass is 79.9. The van der Waals surface area contributed by atoms with E-state index in [-0.39, 0.29) is 18.5 Å². The van der Waals surface area contributed by atoms with Crippen molar-refractivity contribution in [2.45, 2.75) is 46.3 Å². The molecule has 0 saturated heterocycles. The Kier molecular flexibility index (Phi) is 9.51. The minimum absolute atomic E-state index is 0.0963. The molecule has 33 heavy (non-hydrogen) atoms. The number of anilines is 1. The number of sulfonamides is 1. The summed E-state index contributed by atoms with van der Waals surface area (Å²) in [6.45, 7) is 6.89. The van der Waals surface area contributed by atoms with Crippen LogP contribution < -0.4 is 9.62 Å². The van der Waals surface area contributed by atoms with Crippen LogP contribution in [0.15, 0.2) is 51.4 Å². The maximum absolute atomic E-state index is 13.5. The molecular formula is C23H29Br2N3O4S. The highest BCUT2D eigenvalue weighted by Crippen LogP contribution is 2.25. The van der Waals surface area contributed by atoms with Gasteiger partial charge in [-0.15, -0.1) is 0 Å². The molecule has 0 bridgehead atoms. The molecule has 0 aliphatic heterocycles. The lowest BCUT2D eigenvalue weighted by Gasteiger charge is -2.32. The molecule has 0 spiro atoms. The number of halogens is 2. The summed E-state index contributed by atoms with van der Waals surface area (Å²) < 4.78 is 27.9. The summed E-state index contributed by atoms with van der Waals surface area (Å²) in [7, 11) is -3.76. The molecule has 2 rings (SSSR count). The second kappa shape index (κ2) is 11.5. The first-order valence-corrected chi connectivity index (χ1v) is 13.8. The molecule has 1 atom stereocenters. The first-order chi connectivity index (χ1) is 15.3. The Labute approximate surface area is 212 Å². The van der Waals surface area contributed by atoms with Crippen LogP contribution in [0.4, 0.5) is 5.69 Å². The SMILES string of the molecule is Cc1cc(N(CC(=O)N(Cc2cccc(Br)c2)[C@@H](C)C(=O)NC(C)C)S(C)(=O)=O)ccc1Br. The van der Waals surface area contributed by atoms with Gasteiger partial charge in [0.05, 0.1) is 11.9 Å². The Morgan fingerprint density at radius 2 is 1.73 bits per heavy atom. The lowest BCUT2D eigenvalue weighted by molar-refractivity contribution is -0.139. The van der Waals surface area contributed by atoms with E-state index in [9.17, 15) is 18.0 Å². The third-order valence-electron chi connectivity index (χ3n) is 4.95. The van der Waals surface area contributed by atoms with E-state index < -0.39 is 28.5 Å². The Hall–Kier alpha value is -1.91. The monoisotopic (exact) mass is 601 g/mol. The van der Waals surface area contributed by atoms with Crippen LogP contribution in [0.3, 0.4) is 0 Å². The van der Waals surface area contributed by atoms with Gasteiger partial charge in [0.25, 0.3) is 0 Å². The van der Waals surface area contributed by atoms with Crippen LogP contribution in [0.1, 0.15) is 31.9 Å². The third-order valence-corrected chi connectivity index (χ3v) is 7.47. The topological polar surface area (TPSA) is 86.8 Å². The number of carbonyl (C=O) groups is 2. The molecule has 0 aliphatic rings. The van der Waals surface area contributed by atoms with Crippen molar-refractivity contribution >= 4 is 59.4 Å². The molecule has 2 aromatic carbocycles. The van der Waals surface area contributed by atoms with Gasteiger partial charge in [0.2, 0.25) is 21.8 Å². The molecule has 0 aromatic heterocycles. The molecule has 0 aliphatic carbocycles. The molecule has 0 heterocycles. The highest BCUT2D eigenvalue weighted by Gasteiger charge is 2.30. The van der Waals surface area contributed by atoms with Crippen LogP contribution in [0.5, 0.6) is 0 Å². The number of carbonyl (C=O) groups excluding carboxylic acids is 2. The van der Waals surface area contributed by atoms with E-state index in [1.807, 2.05) is 45.0 Å². The van der Waals surface area contributed by atoms with E-state index in [0.29, 0.717) is 5.69 Å². The van der Waals surface area contributed by atoms with Crippen LogP contribution in [0.2, 0.25) is 0 Å². The van der Waals surface area contributed by atoms with Gasteiger partial charge in [-0.2, -0.15) is 0 Å². The average Bonchev–Trinajstić information content (AvgIpc) is 2.70. The summed E-state index contributed by atoms with van der Waals surface area (Å²) in [6, 6.07) is 11.6.